The number of benzene rings is 1. The number of aliphatic hydroxyl groups is 1. The van der Waals surface area contributed by atoms with Gasteiger partial charge in [0.15, 0.2) is 6.04 Å². The van der Waals surface area contributed by atoms with E-state index < -0.39 is 24.5 Å². The van der Waals surface area contributed by atoms with Crippen LogP contribution in [0.4, 0.5) is 5.69 Å². The molecule has 1 unspecified atom stereocenters. The number of aliphatic hydroxyl groups excluding tert-OH is 1. The number of carbonyl (C=O) groups excluding carboxylic acids is 3. The zero-order valence-corrected chi connectivity index (χ0v) is 10.8. The van der Waals surface area contributed by atoms with Gasteiger partial charge in [-0.15, -0.1) is 0 Å². The zero-order valence-electron chi connectivity index (χ0n) is 10.8. The van der Waals surface area contributed by atoms with E-state index >= 15 is 0 Å². The molecular formula is C13H14N2O5. The van der Waals surface area contributed by atoms with Crippen molar-refractivity contribution in [3.63, 3.8) is 0 Å². The van der Waals surface area contributed by atoms with E-state index in [1.54, 1.807) is 12.1 Å². The average molecular weight is 278 g/mol. The van der Waals surface area contributed by atoms with Crippen LogP contribution in [0.3, 0.4) is 0 Å². The topological polar surface area (TPSA) is 105 Å². The number of hydrogen-bond donors (Lipinski definition) is 3. The second-order valence-electron chi connectivity index (χ2n) is 4.33. The lowest BCUT2D eigenvalue weighted by Gasteiger charge is -2.14. The van der Waals surface area contributed by atoms with Crippen molar-refractivity contribution in [2.24, 2.45) is 0 Å². The number of hydrogen-bond acceptors (Lipinski definition) is 5. The lowest BCUT2D eigenvalue weighted by atomic mass is 10.1. The molecule has 0 aliphatic carbocycles. The fraction of sp³-hybridized carbons (Fsp3) is 0.308. The smallest absolute Gasteiger partial charge is 0.330 e. The van der Waals surface area contributed by atoms with Crippen LogP contribution in [-0.2, 0) is 20.7 Å². The molecule has 1 heterocycles. The van der Waals surface area contributed by atoms with Crippen LogP contribution in [0.2, 0.25) is 0 Å². The quantitative estimate of drug-likeness (QED) is 0.641. The van der Waals surface area contributed by atoms with Gasteiger partial charge in [-0.05, 0) is 23.8 Å². The molecule has 0 bridgehead atoms. The molecule has 1 aromatic rings. The Morgan fingerprint density at radius 2 is 2.25 bits per heavy atom. The standard InChI is InChI=1S/C13H14N2O5/c1-20-13(19)10(6-16)15-12(18)7-2-3-9-8(4-7)5-11(17)14-9/h2-4,10,16H,5-6H2,1H3,(H,14,17)(H,15,18). The molecule has 7 heteroatoms. The molecular weight excluding hydrogens is 264 g/mol. The van der Waals surface area contributed by atoms with Crippen molar-refractivity contribution >= 4 is 23.5 Å². The maximum Gasteiger partial charge on any atom is 0.330 e. The molecule has 7 nitrogen and oxygen atoms in total. The highest BCUT2D eigenvalue weighted by Gasteiger charge is 2.23. The van der Waals surface area contributed by atoms with E-state index in [-0.39, 0.29) is 12.3 Å². The third-order valence-corrected chi connectivity index (χ3v) is 2.97. The average Bonchev–Trinajstić information content (AvgIpc) is 2.82. The lowest BCUT2D eigenvalue weighted by molar-refractivity contribution is -0.143. The Morgan fingerprint density at radius 3 is 2.90 bits per heavy atom. The Kier molecular flexibility index (Phi) is 3.99. The maximum atomic E-state index is 12.0. The van der Waals surface area contributed by atoms with Crippen molar-refractivity contribution < 1.29 is 24.2 Å². The summed E-state index contributed by atoms with van der Waals surface area (Å²) < 4.78 is 4.46. The van der Waals surface area contributed by atoms with Gasteiger partial charge in [0, 0.05) is 11.3 Å². The molecule has 3 N–H and O–H groups in total. The van der Waals surface area contributed by atoms with Gasteiger partial charge in [-0.25, -0.2) is 4.79 Å². The van der Waals surface area contributed by atoms with Gasteiger partial charge in [-0.1, -0.05) is 0 Å². The highest BCUT2D eigenvalue weighted by Crippen LogP contribution is 2.23. The van der Waals surface area contributed by atoms with Crippen LogP contribution < -0.4 is 10.6 Å². The Balaban J connectivity index is 2.12. The van der Waals surface area contributed by atoms with E-state index in [1.165, 1.54) is 13.2 Å². The van der Waals surface area contributed by atoms with Crippen LogP contribution in [-0.4, -0.2) is 42.6 Å². The van der Waals surface area contributed by atoms with Crippen LogP contribution >= 0.6 is 0 Å². The number of anilines is 1. The van der Waals surface area contributed by atoms with E-state index in [0.29, 0.717) is 11.3 Å². The van der Waals surface area contributed by atoms with E-state index in [1.807, 2.05) is 0 Å². The molecule has 0 spiro atoms. The van der Waals surface area contributed by atoms with Crippen molar-refractivity contribution in [3.05, 3.63) is 29.3 Å². The summed E-state index contributed by atoms with van der Waals surface area (Å²) in [5.74, 6) is -1.36. The molecule has 1 aromatic carbocycles. The zero-order chi connectivity index (χ0) is 14.7. The summed E-state index contributed by atoms with van der Waals surface area (Å²) in [7, 11) is 1.17. The van der Waals surface area contributed by atoms with Gasteiger partial charge in [-0.3, -0.25) is 9.59 Å². The second kappa shape index (κ2) is 5.70. The molecule has 0 fully saturated rings. The van der Waals surface area contributed by atoms with Gasteiger partial charge in [0.05, 0.1) is 20.1 Å². The Labute approximate surface area is 114 Å². The van der Waals surface area contributed by atoms with E-state index in [9.17, 15) is 14.4 Å². The summed E-state index contributed by atoms with van der Waals surface area (Å²) >= 11 is 0. The monoisotopic (exact) mass is 278 g/mol. The highest BCUT2D eigenvalue weighted by molar-refractivity contribution is 6.02. The van der Waals surface area contributed by atoms with Crippen molar-refractivity contribution in [2.75, 3.05) is 19.0 Å². The predicted molar refractivity (Wildman–Crippen MR) is 69.1 cm³/mol. The normalized spacial score (nSPS) is 14.2. The number of fused-ring (bicyclic) bond motifs is 1. The number of nitrogens with one attached hydrogen (secondary N) is 2. The summed E-state index contributed by atoms with van der Waals surface area (Å²) in [5, 5.41) is 14.1. The largest absolute Gasteiger partial charge is 0.467 e. The molecule has 2 amide bonds. The maximum absolute atomic E-state index is 12.0. The van der Waals surface area contributed by atoms with Gasteiger partial charge in [0.1, 0.15) is 0 Å². The lowest BCUT2D eigenvalue weighted by Crippen LogP contribution is -2.44. The van der Waals surface area contributed by atoms with Gasteiger partial charge in [-0.2, -0.15) is 0 Å². The van der Waals surface area contributed by atoms with Gasteiger partial charge >= 0.3 is 5.97 Å². The first-order valence-corrected chi connectivity index (χ1v) is 5.97. The molecule has 0 aromatic heterocycles. The number of amides is 2. The van der Waals surface area contributed by atoms with Gasteiger partial charge in [0.2, 0.25) is 5.91 Å². The number of ether oxygens (including phenoxy) is 1. The SMILES string of the molecule is COC(=O)C(CO)NC(=O)c1ccc2c(c1)CC(=O)N2. The van der Waals surface area contributed by atoms with Crippen molar-refractivity contribution in [2.45, 2.75) is 12.5 Å². The number of esters is 1. The van der Waals surface area contributed by atoms with E-state index in [2.05, 4.69) is 15.4 Å². The van der Waals surface area contributed by atoms with Crippen LogP contribution in [0.15, 0.2) is 18.2 Å². The third kappa shape index (κ3) is 2.77. The summed E-state index contributed by atoms with van der Waals surface area (Å²) in [6.45, 7) is -0.552. The number of methoxy groups -OCH3 is 1. The van der Waals surface area contributed by atoms with Gasteiger partial charge < -0.3 is 20.5 Å². The summed E-state index contributed by atoms with van der Waals surface area (Å²) in [4.78, 5) is 34.5. The Hall–Kier alpha value is -2.41. The predicted octanol–water partition coefficient (Wildman–Crippen LogP) is -0.555. The summed E-state index contributed by atoms with van der Waals surface area (Å²) in [5.41, 5.74) is 1.71. The molecule has 1 atom stereocenters. The first-order valence-electron chi connectivity index (χ1n) is 5.97. The highest BCUT2D eigenvalue weighted by atomic mass is 16.5. The van der Waals surface area contributed by atoms with Crippen molar-refractivity contribution in [1.82, 2.24) is 5.32 Å². The third-order valence-electron chi connectivity index (χ3n) is 2.97. The van der Waals surface area contributed by atoms with Crippen molar-refractivity contribution in [3.8, 4) is 0 Å². The number of carbonyl (C=O) groups is 3. The Morgan fingerprint density at radius 1 is 1.50 bits per heavy atom. The minimum Gasteiger partial charge on any atom is -0.467 e. The van der Waals surface area contributed by atoms with E-state index in [0.717, 1.165) is 5.56 Å². The van der Waals surface area contributed by atoms with Crippen LogP contribution in [0.5, 0.6) is 0 Å². The van der Waals surface area contributed by atoms with Crippen LogP contribution in [0.1, 0.15) is 15.9 Å². The fourth-order valence-electron chi connectivity index (χ4n) is 1.93. The fourth-order valence-corrected chi connectivity index (χ4v) is 1.93. The molecule has 0 radical (unpaired) electrons. The van der Waals surface area contributed by atoms with Crippen LogP contribution in [0, 0.1) is 0 Å². The molecule has 0 saturated carbocycles. The first kappa shape index (κ1) is 14.0. The molecule has 106 valence electrons. The van der Waals surface area contributed by atoms with Gasteiger partial charge in [0.25, 0.3) is 5.91 Å². The first-order chi connectivity index (χ1) is 9.55. The molecule has 1 aliphatic rings. The van der Waals surface area contributed by atoms with E-state index in [4.69, 9.17) is 5.11 Å². The minimum atomic E-state index is -1.11. The van der Waals surface area contributed by atoms with Crippen LogP contribution in [0.25, 0.3) is 0 Å². The summed E-state index contributed by atoms with van der Waals surface area (Å²) in [6, 6.07) is 3.63. The Bertz CT molecular complexity index is 570. The molecule has 2 rings (SSSR count). The summed E-state index contributed by atoms with van der Waals surface area (Å²) in [6.07, 6.45) is 0.219. The number of rotatable bonds is 4. The molecule has 0 saturated heterocycles. The molecule has 1 aliphatic heterocycles. The second-order valence-corrected chi connectivity index (χ2v) is 4.33. The van der Waals surface area contributed by atoms with Crippen molar-refractivity contribution in [1.29, 1.82) is 0 Å². The minimum absolute atomic E-state index is 0.125. The molecule has 20 heavy (non-hydrogen) atoms.